The second-order valence-corrected chi connectivity index (χ2v) is 16.8. The Morgan fingerprint density at radius 2 is 1.20 bits per heavy atom. The molecule has 0 unspecified atom stereocenters. The standard InChI is InChI=1S/C43H27N4PS/c49-48(31-13-3-1-4-14-31,32-15-5-2-6-16-32)33-21-24-39-36(26-33)35-22-19-28-11-7-9-17-34(28)41(35)43-46-38-23-20-29(25-40(38)47(39)43)42-44-27-30-12-8-10-18-37(30)45-42/h1-27H. The van der Waals surface area contributed by atoms with Gasteiger partial charge in [0, 0.05) is 34.0 Å². The molecule has 4 nitrogen and oxygen atoms in total. The van der Waals surface area contributed by atoms with Crippen LogP contribution in [-0.4, -0.2) is 19.4 Å². The van der Waals surface area contributed by atoms with Crippen molar-refractivity contribution in [1.82, 2.24) is 19.4 Å². The molecule has 0 atom stereocenters. The lowest BCUT2D eigenvalue weighted by atomic mass is 9.99. The molecule has 0 radical (unpaired) electrons. The fourth-order valence-corrected chi connectivity index (χ4v) is 11.1. The Hall–Kier alpha value is -5.74. The van der Waals surface area contributed by atoms with Crippen LogP contribution in [0.3, 0.4) is 0 Å². The van der Waals surface area contributed by atoms with Crippen LogP contribution in [0.15, 0.2) is 164 Å². The molecule has 0 spiro atoms. The monoisotopic (exact) mass is 662 g/mol. The summed E-state index contributed by atoms with van der Waals surface area (Å²) in [6.45, 7) is 0. The lowest BCUT2D eigenvalue weighted by molar-refractivity contribution is 1.23. The molecule has 0 saturated heterocycles. The maximum Gasteiger partial charge on any atom is 0.159 e. The first kappa shape index (κ1) is 28.3. The van der Waals surface area contributed by atoms with E-state index in [0.717, 1.165) is 54.7 Å². The number of nitrogens with zero attached hydrogens (tertiary/aromatic N) is 4. The molecule has 3 heterocycles. The fraction of sp³-hybridized carbons (Fsp3) is 0. The molecular weight excluding hydrogens is 636 g/mol. The molecule has 3 aromatic heterocycles. The Bertz CT molecular complexity index is 2930. The molecule has 10 rings (SSSR count). The van der Waals surface area contributed by atoms with Gasteiger partial charge in [-0.3, -0.25) is 4.40 Å². The fourth-order valence-electron chi connectivity index (χ4n) is 7.33. The summed E-state index contributed by atoms with van der Waals surface area (Å²) in [5.74, 6) is 0.694. The Balaban J connectivity index is 1.32. The number of benzene rings is 7. The third kappa shape index (κ3) is 4.30. The highest BCUT2D eigenvalue weighted by Crippen LogP contribution is 2.45. The molecule has 0 aliphatic carbocycles. The van der Waals surface area contributed by atoms with Gasteiger partial charge in [-0.05, 0) is 68.5 Å². The van der Waals surface area contributed by atoms with Gasteiger partial charge < -0.3 is 0 Å². The van der Waals surface area contributed by atoms with Crippen LogP contribution in [0.2, 0.25) is 0 Å². The van der Waals surface area contributed by atoms with E-state index in [1.54, 1.807) is 0 Å². The first-order chi connectivity index (χ1) is 24.2. The molecule has 230 valence electrons. The van der Waals surface area contributed by atoms with E-state index in [4.69, 9.17) is 26.8 Å². The Morgan fingerprint density at radius 1 is 0.490 bits per heavy atom. The van der Waals surface area contributed by atoms with E-state index >= 15 is 0 Å². The van der Waals surface area contributed by atoms with Gasteiger partial charge in [-0.1, -0.05) is 133 Å². The second-order valence-electron chi connectivity index (χ2n) is 12.4. The highest BCUT2D eigenvalue weighted by molar-refractivity contribution is 8.25. The number of rotatable bonds is 4. The van der Waals surface area contributed by atoms with Crippen LogP contribution in [0.4, 0.5) is 0 Å². The van der Waals surface area contributed by atoms with Crippen molar-refractivity contribution in [2.24, 2.45) is 0 Å². The summed E-state index contributed by atoms with van der Waals surface area (Å²) in [5.41, 5.74) is 5.84. The number of pyridine rings is 1. The molecule has 0 bridgehead atoms. The summed E-state index contributed by atoms with van der Waals surface area (Å²) in [5, 5.41) is 10.4. The number of hydrogen-bond acceptors (Lipinski definition) is 4. The number of aromatic nitrogens is 4. The van der Waals surface area contributed by atoms with Gasteiger partial charge in [0.2, 0.25) is 0 Å². The van der Waals surface area contributed by atoms with E-state index in [9.17, 15) is 0 Å². The molecule has 6 heteroatoms. The molecule has 0 aliphatic rings. The zero-order valence-electron chi connectivity index (χ0n) is 26.2. The average molecular weight is 663 g/mol. The van der Waals surface area contributed by atoms with Gasteiger partial charge in [0.15, 0.2) is 5.82 Å². The molecule has 10 aromatic rings. The van der Waals surface area contributed by atoms with Crippen LogP contribution < -0.4 is 15.9 Å². The van der Waals surface area contributed by atoms with E-state index in [0.29, 0.717) is 5.82 Å². The van der Waals surface area contributed by atoms with Gasteiger partial charge in [-0.25, -0.2) is 15.0 Å². The molecule has 0 fully saturated rings. The zero-order valence-corrected chi connectivity index (χ0v) is 27.9. The van der Waals surface area contributed by atoms with Crippen molar-refractivity contribution in [3.05, 3.63) is 164 Å². The first-order valence-corrected chi connectivity index (χ1v) is 19.1. The summed E-state index contributed by atoms with van der Waals surface area (Å²) in [7, 11) is 0. The van der Waals surface area contributed by atoms with Gasteiger partial charge in [-0.2, -0.15) is 0 Å². The topological polar surface area (TPSA) is 43.1 Å². The highest BCUT2D eigenvalue weighted by atomic mass is 32.4. The van der Waals surface area contributed by atoms with Gasteiger partial charge in [-0.15, -0.1) is 0 Å². The largest absolute Gasteiger partial charge is 0.292 e. The Kier molecular flexibility index (Phi) is 6.29. The maximum absolute atomic E-state index is 6.80. The van der Waals surface area contributed by atoms with E-state index in [-0.39, 0.29) is 0 Å². The van der Waals surface area contributed by atoms with Crippen molar-refractivity contribution in [3.8, 4) is 11.4 Å². The quantitative estimate of drug-likeness (QED) is 0.139. The van der Waals surface area contributed by atoms with Crippen molar-refractivity contribution in [2.45, 2.75) is 0 Å². The summed E-state index contributed by atoms with van der Waals surface area (Å²) < 4.78 is 2.32. The molecule has 0 aliphatic heterocycles. The number of hydrogen-bond donors (Lipinski definition) is 0. The normalized spacial score (nSPS) is 12.2. The van der Waals surface area contributed by atoms with Crippen LogP contribution in [0.25, 0.3) is 71.4 Å². The maximum atomic E-state index is 6.80. The Morgan fingerprint density at radius 3 is 2.00 bits per heavy atom. The summed E-state index contributed by atoms with van der Waals surface area (Å²) in [6.07, 6.45) is 1.90. The minimum atomic E-state index is -2.38. The van der Waals surface area contributed by atoms with Crippen molar-refractivity contribution >= 4 is 93.8 Å². The molecule has 0 N–H and O–H groups in total. The second kappa shape index (κ2) is 10.9. The third-order valence-corrected chi connectivity index (χ3v) is 14.6. The average Bonchev–Trinajstić information content (AvgIpc) is 3.56. The minimum Gasteiger partial charge on any atom is -0.292 e. The molecular formula is C43H27N4PS. The smallest absolute Gasteiger partial charge is 0.159 e. The summed E-state index contributed by atoms with van der Waals surface area (Å²) in [4.78, 5) is 15.0. The van der Waals surface area contributed by atoms with E-state index < -0.39 is 6.04 Å². The molecule has 49 heavy (non-hydrogen) atoms. The van der Waals surface area contributed by atoms with Crippen LogP contribution in [0.5, 0.6) is 0 Å². The van der Waals surface area contributed by atoms with Crippen molar-refractivity contribution in [1.29, 1.82) is 0 Å². The van der Waals surface area contributed by atoms with E-state index in [2.05, 4.69) is 138 Å². The van der Waals surface area contributed by atoms with Crippen LogP contribution in [0, 0.1) is 0 Å². The number of imidazole rings is 1. The predicted octanol–water partition coefficient (Wildman–Crippen LogP) is 9.31. The molecule has 0 amide bonds. The third-order valence-electron chi connectivity index (χ3n) is 9.67. The van der Waals surface area contributed by atoms with Crippen molar-refractivity contribution in [3.63, 3.8) is 0 Å². The van der Waals surface area contributed by atoms with Crippen molar-refractivity contribution < 1.29 is 0 Å². The summed E-state index contributed by atoms with van der Waals surface area (Å²) >= 11 is 6.80. The lowest BCUT2D eigenvalue weighted by Gasteiger charge is -2.25. The summed E-state index contributed by atoms with van der Waals surface area (Å²) in [6, 6.07) is 53.3. The van der Waals surface area contributed by atoms with Gasteiger partial charge in [0.1, 0.15) is 5.65 Å². The predicted molar refractivity (Wildman–Crippen MR) is 210 cm³/mol. The van der Waals surface area contributed by atoms with Gasteiger partial charge in [0.25, 0.3) is 0 Å². The molecule has 7 aromatic carbocycles. The van der Waals surface area contributed by atoms with Crippen LogP contribution in [-0.2, 0) is 11.8 Å². The van der Waals surface area contributed by atoms with Crippen molar-refractivity contribution in [2.75, 3.05) is 0 Å². The van der Waals surface area contributed by atoms with Crippen LogP contribution in [0.1, 0.15) is 0 Å². The highest BCUT2D eigenvalue weighted by Gasteiger charge is 2.26. The minimum absolute atomic E-state index is 0.694. The number of fused-ring (bicyclic) bond motifs is 11. The van der Waals surface area contributed by atoms with Gasteiger partial charge >= 0.3 is 0 Å². The van der Waals surface area contributed by atoms with E-state index in [1.165, 1.54) is 26.8 Å². The molecule has 0 saturated carbocycles. The lowest BCUT2D eigenvalue weighted by Crippen LogP contribution is -2.24. The van der Waals surface area contributed by atoms with Gasteiger partial charge in [0.05, 0.1) is 22.1 Å². The van der Waals surface area contributed by atoms with Crippen LogP contribution >= 0.6 is 6.04 Å². The van der Waals surface area contributed by atoms with E-state index in [1.807, 2.05) is 30.5 Å². The SMILES string of the molecule is S=P(c1ccccc1)(c1ccccc1)c1ccc2c(c1)c1ccc3ccccc3c1c1nc3ccc(-c4ncc5ccccc5n4)cc3n21. The Labute approximate surface area is 287 Å². The first-order valence-electron chi connectivity index (χ1n) is 16.3. The zero-order chi connectivity index (χ0) is 32.5. The number of para-hydroxylation sites is 1.